The van der Waals surface area contributed by atoms with Crippen LogP contribution >= 0.6 is 0 Å². The Labute approximate surface area is 139 Å². The van der Waals surface area contributed by atoms with Crippen LogP contribution in [0.1, 0.15) is 0 Å². The lowest BCUT2D eigenvalue weighted by Gasteiger charge is -2.38. The summed E-state index contributed by atoms with van der Waals surface area (Å²) in [6, 6.07) is 5.30. The maximum Gasteiger partial charge on any atom is 0.336 e. The third-order valence-electron chi connectivity index (χ3n) is 3.78. The lowest BCUT2D eigenvalue weighted by Crippen LogP contribution is -2.61. The maximum absolute atomic E-state index is 11.3. The zero-order valence-electron chi connectivity index (χ0n) is 12.5. The van der Waals surface area contributed by atoms with Crippen molar-refractivity contribution in [3.05, 3.63) is 34.7 Å². The molecule has 0 bridgehead atoms. The predicted octanol–water partition coefficient (Wildman–Crippen LogP) is -1.23. The Hall–Kier alpha value is -2.66. The molecule has 5 N–H and O–H groups in total. The summed E-state index contributed by atoms with van der Waals surface area (Å²) in [5.74, 6) is -2.42. The first-order valence-corrected chi connectivity index (χ1v) is 7.14. The summed E-state index contributed by atoms with van der Waals surface area (Å²) in [7, 11) is 0. The molecule has 10 nitrogen and oxygen atoms in total. The highest BCUT2D eigenvalue weighted by Crippen LogP contribution is 2.35. The number of aliphatic hydroxyl groups is 3. The second kappa shape index (κ2) is 6.33. The third kappa shape index (κ3) is 3.03. The van der Waals surface area contributed by atoms with E-state index < -0.39 is 48.1 Å². The predicted molar refractivity (Wildman–Crippen MR) is 79.1 cm³/mol. The second-order valence-corrected chi connectivity index (χ2v) is 5.44. The van der Waals surface area contributed by atoms with Gasteiger partial charge in [0.05, 0.1) is 0 Å². The van der Waals surface area contributed by atoms with E-state index in [2.05, 4.69) is 0 Å². The van der Waals surface area contributed by atoms with Crippen LogP contribution in [-0.4, -0.2) is 62.2 Å². The van der Waals surface area contributed by atoms with Gasteiger partial charge < -0.3 is 39.4 Å². The van der Waals surface area contributed by atoms with Gasteiger partial charge in [-0.15, -0.1) is 0 Å². The topological polar surface area (TPSA) is 167 Å². The van der Waals surface area contributed by atoms with Gasteiger partial charge in [-0.3, -0.25) is 0 Å². The highest BCUT2D eigenvalue weighted by Gasteiger charge is 2.48. The number of carbonyl (C=O) groups is 1. The van der Waals surface area contributed by atoms with Crippen molar-refractivity contribution in [3.63, 3.8) is 0 Å². The Morgan fingerprint density at radius 1 is 1.04 bits per heavy atom. The average molecular weight is 354 g/mol. The molecule has 0 radical (unpaired) electrons. The molecule has 0 amide bonds. The van der Waals surface area contributed by atoms with E-state index in [1.807, 2.05) is 0 Å². The van der Waals surface area contributed by atoms with E-state index in [0.29, 0.717) is 5.39 Å². The van der Waals surface area contributed by atoms with Crippen molar-refractivity contribution < 1.29 is 44.2 Å². The van der Waals surface area contributed by atoms with E-state index in [1.54, 1.807) is 0 Å². The summed E-state index contributed by atoms with van der Waals surface area (Å²) >= 11 is 0. The molecular formula is C15H14O10. The summed E-state index contributed by atoms with van der Waals surface area (Å²) in [5.41, 5.74) is -0.885. The number of ether oxygens (including phenoxy) is 2. The number of phenols is 1. The standard InChI is InChI=1S/C15H14O10/c16-7-4-2-5-1-3-6(8(17)12(5)24-7)23-15-11(20)9(18)10(19)13(25-15)14(21)22/h1-4,9-11,13,15,17-20H,(H,21,22). The second-order valence-electron chi connectivity index (χ2n) is 5.44. The van der Waals surface area contributed by atoms with Gasteiger partial charge in [0.25, 0.3) is 0 Å². The Balaban J connectivity index is 1.93. The Kier molecular flexibility index (Phi) is 4.35. The number of carboxylic acid groups (broad SMARTS) is 1. The molecule has 0 saturated carbocycles. The molecule has 3 rings (SSSR count). The molecule has 0 spiro atoms. The maximum atomic E-state index is 11.3. The van der Waals surface area contributed by atoms with Crippen molar-refractivity contribution in [2.24, 2.45) is 0 Å². The molecule has 10 heteroatoms. The first-order chi connectivity index (χ1) is 11.8. The zero-order valence-corrected chi connectivity index (χ0v) is 12.5. The molecule has 1 fully saturated rings. The van der Waals surface area contributed by atoms with E-state index in [-0.39, 0.29) is 11.3 Å². The molecule has 1 aliphatic rings. The molecule has 0 aliphatic carbocycles. The van der Waals surface area contributed by atoms with Crippen LogP contribution in [0, 0.1) is 0 Å². The Morgan fingerprint density at radius 3 is 2.40 bits per heavy atom. The summed E-state index contributed by atoms with van der Waals surface area (Å²) < 4.78 is 15.1. The van der Waals surface area contributed by atoms with E-state index in [0.717, 1.165) is 6.07 Å². The summed E-state index contributed by atoms with van der Waals surface area (Å²) in [6.45, 7) is 0. The van der Waals surface area contributed by atoms with Gasteiger partial charge in [0.15, 0.2) is 17.4 Å². The molecule has 2 heterocycles. The van der Waals surface area contributed by atoms with Gasteiger partial charge in [0.1, 0.15) is 18.3 Å². The minimum atomic E-state index is -1.87. The normalized spacial score (nSPS) is 29.5. The molecule has 1 aliphatic heterocycles. The molecule has 1 aromatic heterocycles. The smallest absolute Gasteiger partial charge is 0.336 e. The van der Waals surface area contributed by atoms with Crippen LogP contribution in [0.4, 0.5) is 0 Å². The van der Waals surface area contributed by atoms with Crippen molar-refractivity contribution in [1.82, 2.24) is 0 Å². The monoisotopic (exact) mass is 354 g/mol. The number of carboxylic acids is 1. The molecule has 2 aromatic rings. The third-order valence-corrected chi connectivity index (χ3v) is 3.78. The number of hydrogen-bond acceptors (Lipinski definition) is 9. The van der Waals surface area contributed by atoms with Crippen molar-refractivity contribution in [1.29, 1.82) is 0 Å². The number of fused-ring (bicyclic) bond motifs is 1. The van der Waals surface area contributed by atoms with Crippen LogP contribution in [0.3, 0.4) is 0 Å². The van der Waals surface area contributed by atoms with Crippen LogP contribution in [0.15, 0.2) is 33.5 Å². The summed E-state index contributed by atoms with van der Waals surface area (Å²) in [5, 5.41) is 48.8. The minimum absolute atomic E-state index is 0.175. The van der Waals surface area contributed by atoms with Crippen LogP contribution in [0.2, 0.25) is 0 Å². The van der Waals surface area contributed by atoms with Gasteiger partial charge in [-0.05, 0) is 18.2 Å². The highest BCUT2D eigenvalue weighted by molar-refractivity contribution is 5.84. The van der Waals surface area contributed by atoms with Gasteiger partial charge in [-0.25, -0.2) is 9.59 Å². The first-order valence-electron chi connectivity index (χ1n) is 7.14. The Morgan fingerprint density at radius 2 is 1.72 bits per heavy atom. The largest absolute Gasteiger partial charge is 0.502 e. The SMILES string of the molecule is O=C(O)C1OC(Oc2ccc3ccc(=O)oc3c2O)C(O)C(O)C1O. The van der Waals surface area contributed by atoms with E-state index >= 15 is 0 Å². The summed E-state index contributed by atoms with van der Waals surface area (Å²) in [6.07, 6.45) is -9.04. The molecular weight excluding hydrogens is 340 g/mol. The highest BCUT2D eigenvalue weighted by atomic mass is 16.7. The lowest BCUT2D eigenvalue weighted by molar-refractivity contribution is -0.271. The first kappa shape index (κ1) is 17.2. The van der Waals surface area contributed by atoms with Gasteiger partial charge >= 0.3 is 11.6 Å². The van der Waals surface area contributed by atoms with Gasteiger partial charge in [-0.2, -0.15) is 0 Å². The van der Waals surface area contributed by atoms with Crippen molar-refractivity contribution in [3.8, 4) is 11.5 Å². The number of aliphatic hydroxyl groups excluding tert-OH is 3. The molecule has 5 atom stereocenters. The molecule has 1 aromatic carbocycles. The number of aromatic hydroxyl groups is 1. The lowest BCUT2D eigenvalue weighted by atomic mass is 9.99. The number of rotatable bonds is 3. The quantitative estimate of drug-likeness (QED) is 0.421. The van der Waals surface area contributed by atoms with Crippen molar-refractivity contribution in [2.45, 2.75) is 30.7 Å². The van der Waals surface area contributed by atoms with E-state index in [1.165, 1.54) is 18.2 Å². The fraction of sp³-hybridized carbons (Fsp3) is 0.333. The minimum Gasteiger partial charge on any atom is -0.502 e. The number of phenolic OH excluding ortho intramolecular Hbond substituents is 1. The summed E-state index contributed by atoms with van der Waals surface area (Å²) in [4.78, 5) is 22.3. The average Bonchev–Trinajstić information content (AvgIpc) is 2.57. The molecule has 25 heavy (non-hydrogen) atoms. The van der Waals surface area contributed by atoms with Gasteiger partial charge in [-0.1, -0.05) is 0 Å². The molecule has 5 unspecified atom stereocenters. The molecule has 1 saturated heterocycles. The van der Waals surface area contributed by atoms with E-state index in [9.17, 15) is 30.0 Å². The number of benzene rings is 1. The van der Waals surface area contributed by atoms with Gasteiger partial charge in [0.2, 0.25) is 12.0 Å². The van der Waals surface area contributed by atoms with Crippen molar-refractivity contribution in [2.75, 3.05) is 0 Å². The van der Waals surface area contributed by atoms with Crippen LogP contribution in [0.25, 0.3) is 11.0 Å². The zero-order chi connectivity index (χ0) is 18.3. The van der Waals surface area contributed by atoms with E-state index in [4.69, 9.17) is 19.0 Å². The van der Waals surface area contributed by atoms with Crippen LogP contribution < -0.4 is 10.4 Å². The van der Waals surface area contributed by atoms with Crippen molar-refractivity contribution >= 4 is 16.9 Å². The van der Waals surface area contributed by atoms with Crippen LogP contribution in [-0.2, 0) is 9.53 Å². The fourth-order valence-corrected chi connectivity index (χ4v) is 2.47. The van der Waals surface area contributed by atoms with Crippen LogP contribution in [0.5, 0.6) is 11.5 Å². The number of hydrogen-bond donors (Lipinski definition) is 5. The fourth-order valence-electron chi connectivity index (χ4n) is 2.47. The van der Waals surface area contributed by atoms with Gasteiger partial charge in [0, 0.05) is 11.5 Å². The number of aliphatic carboxylic acids is 1. The molecule has 134 valence electrons. The Bertz CT molecular complexity index is 859.